The molecule has 0 N–H and O–H groups in total. The summed E-state index contributed by atoms with van der Waals surface area (Å²) in [5.41, 5.74) is 1.84. The maximum absolute atomic E-state index is 13.2. The molecule has 1 fully saturated rings. The molecule has 0 aromatic heterocycles. The molecule has 1 saturated heterocycles. The summed E-state index contributed by atoms with van der Waals surface area (Å²) in [7, 11) is 4.87. The Bertz CT molecular complexity index is 1460. The summed E-state index contributed by atoms with van der Waals surface area (Å²) in [4.78, 5) is 54.6. The fourth-order valence-corrected chi connectivity index (χ4v) is 6.76. The minimum absolute atomic E-state index is 0.329. The van der Waals surface area contributed by atoms with E-state index in [0.717, 1.165) is 37.7 Å². The molecule has 13 nitrogen and oxygen atoms in total. The monoisotopic (exact) mass is 687 g/mol. The van der Waals surface area contributed by atoms with Gasteiger partial charge < -0.3 is 42.8 Å². The van der Waals surface area contributed by atoms with Gasteiger partial charge in [-0.3, -0.25) is 14.4 Å². The van der Waals surface area contributed by atoms with Gasteiger partial charge in [-0.15, -0.1) is 0 Å². The van der Waals surface area contributed by atoms with E-state index in [1.807, 2.05) is 12.1 Å². The first kappa shape index (κ1) is 36.6. The highest BCUT2D eigenvalue weighted by molar-refractivity contribution is 5.78. The van der Waals surface area contributed by atoms with Crippen molar-refractivity contribution >= 4 is 23.9 Å². The number of carbonyl (C=O) groups is 4. The van der Waals surface area contributed by atoms with E-state index in [1.54, 1.807) is 48.7 Å². The van der Waals surface area contributed by atoms with Gasteiger partial charge in [0.2, 0.25) is 6.29 Å². The minimum atomic E-state index is -1.56. The lowest BCUT2D eigenvalue weighted by Gasteiger charge is -2.45. The molecular formula is C36H49NO12. The summed E-state index contributed by atoms with van der Waals surface area (Å²) in [6.45, 7) is 11.4. The fourth-order valence-electron chi connectivity index (χ4n) is 6.76. The first-order valence-corrected chi connectivity index (χ1v) is 17.0. The van der Waals surface area contributed by atoms with Crippen LogP contribution in [0.15, 0.2) is 24.3 Å². The number of esters is 4. The smallest absolute Gasteiger partial charge is 0.339 e. The van der Waals surface area contributed by atoms with E-state index < -0.39 is 83.9 Å². The fraction of sp³-hybridized carbons (Fsp3) is 0.667. The average Bonchev–Trinajstić information content (AvgIpc) is 3.32. The van der Waals surface area contributed by atoms with Gasteiger partial charge in [0.1, 0.15) is 6.10 Å². The Hall–Kier alpha value is -3.68. The molecule has 0 amide bonds. The molecule has 0 unspecified atom stereocenters. The Kier molecular flexibility index (Phi) is 10.9. The number of rotatable bonds is 10. The van der Waals surface area contributed by atoms with Gasteiger partial charge in [-0.1, -0.05) is 59.8 Å². The predicted molar refractivity (Wildman–Crippen MR) is 173 cm³/mol. The van der Waals surface area contributed by atoms with Crippen molar-refractivity contribution in [2.75, 3.05) is 27.8 Å². The highest BCUT2D eigenvalue weighted by Gasteiger charge is 2.58. The van der Waals surface area contributed by atoms with Gasteiger partial charge >= 0.3 is 23.9 Å². The number of benzene rings is 1. The van der Waals surface area contributed by atoms with Crippen LogP contribution in [0.4, 0.5) is 0 Å². The molecule has 1 spiro atoms. The molecule has 1 aromatic carbocycles. The molecule has 270 valence electrons. The van der Waals surface area contributed by atoms with Crippen molar-refractivity contribution in [1.82, 2.24) is 4.90 Å². The number of carbonyl (C=O) groups excluding carboxylic acids is 4. The van der Waals surface area contributed by atoms with Crippen LogP contribution in [-0.4, -0.2) is 99.5 Å². The second-order valence-electron chi connectivity index (χ2n) is 14.2. The zero-order valence-electron chi connectivity index (χ0n) is 29.8. The van der Waals surface area contributed by atoms with Gasteiger partial charge in [0.15, 0.2) is 35.9 Å². The standard InChI is InChI=1S/C36H49NO12/c1-18(2)31(38)46-27-28(47-32(39)19(3)4)30(48-33(40)20(5)6)35(49-29(27)34(41)43-9)44-22-12-13-36-14-15-37(7)17-21-10-11-23(42-8)26(25(21)36)45-24(36)16-22/h10-13,18-20,22,24,27-30,35H,14-17H2,1-9H3/t22-,24-,27-,28-,29-,30+,35+,36-/m0/s1. The summed E-state index contributed by atoms with van der Waals surface area (Å²) in [5, 5.41) is 0. The van der Waals surface area contributed by atoms with Crippen molar-refractivity contribution < 1.29 is 57.1 Å². The maximum atomic E-state index is 13.2. The molecule has 0 radical (unpaired) electrons. The summed E-state index contributed by atoms with van der Waals surface area (Å²) in [6.07, 6.45) is -3.10. The van der Waals surface area contributed by atoms with E-state index in [9.17, 15) is 19.2 Å². The van der Waals surface area contributed by atoms with Crippen molar-refractivity contribution in [3.63, 3.8) is 0 Å². The topological polar surface area (TPSA) is 145 Å². The third-order valence-corrected chi connectivity index (χ3v) is 9.54. The van der Waals surface area contributed by atoms with Crippen molar-refractivity contribution in [3.05, 3.63) is 35.4 Å². The van der Waals surface area contributed by atoms with Gasteiger partial charge in [0.25, 0.3) is 0 Å². The van der Waals surface area contributed by atoms with E-state index >= 15 is 0 Å². The van der Waals surface area contributed by atoms with Crippen molar-refractivity contribution in [2.45, 2.75) is 109 Å². The molecule has 4 aliphatic rings. The Balaban J connectivity index is 1.52. The van der Waals surface area contributed by atoms with Crippen LogP contribution in [0.25, 0.3) is 0 Å². The van der Waals surface area contributed by atoms with Crippen LogP contribution < -0.4 is 9.47 Å². The second-order valence-corrected chi connectivity index (χ2v) is 14.2. The first-order valence-electron chi connectivity index (χ1n) is 17.0. The number of ether oxygens (including phenoxy) is 8. The van der Waals surface area contributed by atoms with E-state index in [0.29, 0.717) is 17.9 Å². The molecule has 0 bridgehead atoms. The van der Waals surface area contributed by atoms with Crippen molar-refractivity contribution in [3.8, 4) is 11.5 Å². The highest BCUT2D eigenvalue weighted by Crippen LogP contribution is 2.56. The van der Waals surface area contributed by atoms with Crippen molar-refractivity contribution in [1.29, 1.82) is 0 Å². The van der Waals surface area contributed by atoms with Crippen LogP contribution in [0.3, 0.4) is 0 Å². The van der Waals surface area contributed by atoms with Crippen LogP contribution in [0, 0.1) is 17.8 Å². The summed E-state index contributed by atoms with van der Waals surface area (Å²) in [6, 6.07) is 4.01. The largest absolute Gasteiger partial charge is 0.493 e. The van der Waals surface area contributed by atoms with Gasteiger partial charge in [0, 0.05) is 18.5 Å². The quantitative estimate of drug-likeness (QED) is 0.201. The molecule has 0 saturated carbocycles. The van der Waals surface area contributed by atoms with E-state index in [1.165, 1.54) is 0 Å². The van der Waals surface area contributed by atoms with Gasteiger partial charge in [-0.2, -0.15) is 0 Å². The predicted octanol–water partition coefficient (Wildman–Crippen LogP) is 3.48. The van der Waals surface area contributed by atoms with E-state index in [4.69, 9.17) is 37.9 Å². The lowest BCUT2D eigenvalue weighted by molar-refractivity contribution is -0.310. The van der Waals surface area contributed by atoms with Crippen LogP contribution in [-0.2, 0) is 59.6 Å². The molecule has 49 heavy (non-hydrogen) atoms. The molecule has 3 heterocycles. The number of nitrogens with zero attached hydrogens (tertiary/aromatic N) is 1. The second kappa shape index (κ2) is 14.7. The number of hydrogen-bond donors (Lipinski definition) is 0. The van der Waals surface area contributed by atoms with E-state index in [2.05, 4.69) is 24.1 Å². The maximum Gasteiger partial charge on any atom is 0.339 e. The Morgan fingerprint density at radius 3 is 2.08 bits per heavy atom. The zero-order chi connectivity index (χ0) is 35.8. The van der Waals surface area contributed by atoms with Crippen molar-refractivity contribution in [2.24, 2.45) is 17.8 Å². The third kappa shape index (κ3) is 7.16. The summed E-state index contributed by atoms with van der Waals surface area (Å²) >= 11 is 0. The molecule has 3 aliphatic heterocycles. The lowest BCUT2D eigenvalue weighted by atomic mass is 9.69. The van der Waals surface area contributed by atoms with Gasteiger partial charge in [-0.25, -0.2) is 4.79 Å². The van der Waals surface area contributed by atoms with Gasteiger partial charge in [-0.05, 0) is 31.6 Å². The molecule has 1 aromatic rings. The van der Waals surface area contributed by atoms with E-state index in [-0.39, 0.29) is 6.10 Å². The highest BCUT2D eigenvalue weighted by atomic mass is 16.7. The SMILES string of the molecule is COC(=O)[C@H]1O[C@@H](O[C@H]2C=C[C@@]34CCN(C)Cc5ccc(OC)c(c53)O[C@H]4C2)[C@H](OC(=O)C(C)C)[C@@H](OC(=O)C(C)C)[C@@H]1OC(=O)C(C)C. The zero-order valence-corrected chi connectivity index (χ0v) is 29.8. The lowest BCUT2D eigenvalue weighted by Crippen LogP contribution is -2.65. The Labute approximate surface area is 287 Å². The number of hydrogen-bond acceptors (Lipinski definition) is 13. The Morgan fingerprint density at radius 1 is 0.878 bits per heavy atom. The van der Waals surface area contributed by atoms with Crippen LogP contribution in [0.2, 0.25) is 0 Å². The van der Waals surface area contributed by atoms with Crippen LogP contribution >= 0.6 is 0 Å². The molecule has 8 atom stereocenters. The Morgan fingerprint density at radius 2 is 1.49 bits per heavy atom. The molecular weight excluding hydrogens is 638 g/mol. The molecule has 13 heteroatoms. The summed E-state index contributed by atoms with van der Waals surface area (Å²) < 4.78 is 47.6. The van der Waals surface area contributed by atoms with Crippen LogP contribution in [0.5, 0.6) is 11.5 Å². The minimum Gasteiger partial charge on any atom is -0.493 e. The molecule has 5 rings (SSSR count). The van der Waals surface area contributed by atoms with Crippen LogP contribution in [0.1, 0.15) is 65.5 Å². The first-order chi connectivity index (χ1) is 23.2. The average molecular weight is 688 g/mol. The third-order valence-electron chi connectivity index (χ3n) is 9.54. The summed E-state index contributed by atoms with van der Waals surface area (Å²) in [5.74, 6) is -3.26. The normalized spacial score (nSPS) is 30.6. The molecule has 1 aliphatic carbocycles. The van der Waals surface area contributed by atoms with Gasteiger partial charge in [0.05, 0.1) is 43.5 Å². The number of methoxy groups -OCH3 is 2.